The maximum Gasteiger partial charge on any atom is 0.313 e. The molecule has 1 atom stereocenters. The van der Waals surface area contributed by atoms with Gasteiger partial charge in [0.05, 0.1) is 12.5 Å². The second-order valence-corrected chi connectivity index (χ2v) is 5.09. The molecule has 1 aliphatic rings. The standard InChI is InChI=1S/C17H20O3/c1-3-20-17(19)12(2)14-9-7-13(8-10-14)11-15-5-4-6-16(15)18/h7-12H,3-6H2,1-2H3. The van der Waals surface area contributed by atoms with E-state index in [-0.39, 0.29) is 17.7 Å². The fourth-order valence-corrected chi connectivity index (χ4v) is 2.38. The summed E-state index contributed by atoms with van der Waals surface area (Å²) in [5.41, 5.74) is 2.86. The number of benzene rings is 1. The Balaban J connectivity index is 2.10. The van der Waals surface area contributed by atoms with Crippen LogP contribution in [0.4, 0.5) is 0 Å². The number of Topliss-reactive ketones (excluding diaryl/α,β-unsaturated/α-hetero) is 1. The maximum absolute atomic E-state index is 11.7. The van der Waals surface area contributed by atoms with Gasteiger partial charge in [-0.1, -0.05) is 24.3 Å². The molecule has 0 bridgehead atoms. The van der Waals surface area contributed by atoms with Crippen LogP contribution in [0.3, 0.4) is 0 Å². The zero-order valence-corrected chi connectivity index (χ0v) is 12.0. The van der Waals surface area contributed by atoms with Gasteiger partial charge in [-0.05, 0) is 49.5 Å². The van der Waals surface area contributed by atoms with Crippen LogP contribution in [0.15, 0.2) is 29.8 Å². The molecule has 2 rings (SSSR count). The summed E-state index contributed by atoms with van der Waals surface area (Å²) in [4.78, 5) is 23.3. The quantitative estimate of drug-likeness (QED) is 0.622. The van der Waals surface area contributed by atoms with Crippen molar-refractivity contribution in [3.05, 3.63) is 41.0 Å². The first kappa shape index (κ1) is 14.5. The monoisotopic (exact) mass is 272 g/mol. The minimum atomic E-state index is -0.259. The summed E-state index contributed by atoms with van der Waals surface area (Å²) in [7, 11) is 0. The van der Waals surface area contributed by atoms with E-state index < -0.39 is 0 Å². The van der Waals surface area contributed by atoms with Crippen molar-refractivity contribution < 1.29 is 14.3 Å². The predicted molar refractivity (Wildman–Crippen MR) is 78.3 cm³/mol. The van der Waals surface area contributed by atoms with Gasteiger partial charge >= 0.3 is 5.97 Å². The van der Waals surface area contributed by atoms with Gasteiger partial charge in [0, 0.05) is 6.42 Å². The molecule has 0 aliphatic heterocycles. The number of carbonyl (C=O) groups excluding carboxylic acids is 2. The van der Waals surface area contributed by atoms with Crippen molar-refractivity contribution in [3.63, 3.8) is 0 Å². The molecule has 1 saturated carbocycles. The highest BCUT2D eigenvalue weighted by atomic mass is 16.5. The molecule has 0 radical (unpaired) electrons. The molecular formula is C17H20O3. The molecule has 1 fully saturated rings. The number of rotatable bonds is 4. The highest BCUT2D eigenvalue weighted by Crippen LogP contribution is 2.24. The van der Waals surface area contributed by atoms with E-state index in [4.69, 9.17) is 4.74 Å². The van der Waals surface area contributed by atoms with E-state index in [1.807, 2.05) is 37.3 Å². The van der Waals surface area contributed by atoms with Gasteiger partial charge in [-0.3, -0.25) is 9.59 Å². The molecule has 3 heteroatoms. The molecule has 0 aromatic heterocycles. The molecule has 0 amide bonds. The Labute approximate surface area is 119 Å². The van der Waals surface area contributed by atoms with E-state index in [2.05, 4.69) is 0 Å². The molecule has 0 saturated heterocycles. The molecular weight excluding hydrogens is 252 g/mol. The first-order valence-corrected chi connectivity index (χ1v) is 7.12. The van der Waals surface area contributed by atoms with Crippen LogP contribution in [0.1, 0.15) is 50.2 Å². The number of hydrogen-bond donors (Lipinski definition) is 0. The van der Waals surface area contributed by atoms with Crippen LogP contribution in [-0.4, -0.2) is 18.4 Å². The largest absolute Gasteiger partial charge is 0.466 e. The average molecular weight is 272 g/mol. The lowest BCUT2D eigenvalue weighted by atomic mass is 9.99. The van der Waals surface area contributed by atoms with Crippen LogP contribution in [-0.2, 0) is 14.3 Å². The fourth-order valence-electron chi connectivity index (χ4n) is 2.38. The molecule has 1 unspecified atom stereocenters. The van der Waals surface area contributed by atoms with Crippen LogP contribution < -0.4 is 0 Å². The maximum atomic E-state index is 11.7. The lowest BCUT2D eigenvalue weighted by Gasteiger charge is -2.10. The number of allylic oxidation sites excluding steroid dienone is 1. The average Bonchev–Trinajstić information content (AvgIpc) is 2.85. The van der Waals surface area contributed by atoms with E-state index in [1.54, 1.807) is 6.92 Å². The van der Waals surface area contributed by atoms with Crippen LogP contribution in [0.2, 0.25) is 0 Å². The van der Waals surface area contributed by atoms with Crippen molar-refractivity contribution in [2.24, 2.45) is 0 Å². The number of ether oxygens (including phenoxy) is 1. The first-order valence-electron chi connectivity index (χ1n) is 7.12. The summed E-state index contributed by atoms with van der Waals surface area (Å²) in [6, 6.07) is 7.74. The zero-order valence-electron chi connectivity index (χ0n) is 12.0. The van der Waals surface area contributed by atoms with Crippen molar-refractivity contribution in [1.82, 2.24) is 0 Å². The van der Waals surface area contributed by atoms with Gasteiger partial charge in [0.2, 0.25) is 0 Å². The summed E-state index contributed by atoms with van der Waals surface area (Å²) < 4.78 is 5.01. The van der Waals surface area contributed by atoms with Gasteiger partial charge in [-0.2, -0.15) is 0 Å². The smallest absolute Gasteiger partial charge is 0.313 e. The van der Waals surface area contributed by atoms with Crippen LogP contribution in [0.5, 0.6) is 0 Å². The number of carbonyl (C=O) groups is 2. The zero-order chi connectivity index (χ0) is 14.5. The van der Waals surface area contributed by atoms with Gasteiger partial charge in [0.15, 0.2) is 5.78 Å². The number of hydrogen-bond acceptors (Lipinski definition) is 3. The number of esters is 1. The van der Waals surface area contributed by atoms with E-state index in [9.17, 15) is 9.59 Å². The second-order valence-electron chi connectivity index (χ2n) is 5.09. The molecule has 0 spiro atoms. The van der Waals surface area contributed by atoms with E-state index >= 15 is 0 Å². The Bertz CT molecular complexity index is 526. The third-order valence-electron chi connectivity index (χ3n) is 3.63. The van der Waals surface area contributed by atoms with Gasteiger partial charge in [-0.15, -0.1) is 0 Å². The molecule has 0 heterocycles. The van der Waals surface area contributed by atoms with E-state index in [0.717, 1.165) is 29.5 Å². The van der Waals surface area contributed by atoms with Crippen molar-refractivity contribution in [1.29, 1.82) is 0 Å². The van der Waals surface area contributed by atoms with Crippen molar-refractivity contribution >= 4 is 17.8 Å². The molecule has 0 N–H and O–H groups in total. The lowest BCUT2D eigenvalue weighted by molar-refractivity contribution is -0.144. The molecule has 106 valence electrons. The summed E-state index contributed by atoms with van der Waals surface area (Å²) in [6.45, 7) is 4.04. The summed E-state index contributed by atoms with van der Waals surface area (Å²) in [5.74, 6) is -0.205. The Kier molecular flexibility index (Phi) is 4.72. The second kappa shape index (κ2) is 6.51. The van der Waals surface area contributed by atoms with Crippen molar-refractivity contribution in [3.8, 4) is 0 Å². The van der Waals surface area contributed by atoms with Gasteiger partial charge in [-0.25, -0.2) is 0 Å². The molecule has 1 aromatic rings. The molecule has 20 heavy (non-hydrogen) atoms. The van der Waals surface area contributed by atoms with Gasteiger partial charge in [0.1, 0.15) is 0 Å². The van der Waals surface area contributed by atoms with Gasteiger partial charge < -0.3 is 4.74 Å². The van der Waals surface area contributed by atoms with Crippen molar-refractivity contribution in [2.45, 2.75) is 39.0 Å². The summed E-state index contributed by atoms with van der Waals surface area (Å²) in [5, 5.41) is 0. The lowest BCUT2D eigenvalue weighted by Crippen LogP contribution is -2.12. The Morgan fingerprint density at radius 1 is 1.30 bits per heavy atom. The summed E-state index contributed by atoms with van der Waals surface area (Å²) >= 11 is 0. The molecule has 1 aromatic carbocycles. The van der Waals surface area contributed by atoms with Crippen LogP contribution >= 0.6 is 0 Å². The topological polar surface area (TPSA) is 43.4 Å². The van der Waals surface area contributed by atoms with Crippen LogP contribution in [0.25, 0.3) is 6.08 Å². The predicted octanol–water partition coefficient (Wildman–Crippen LogP) is 3.49. The van der Waals surface area contributed by atoms with E-state index in [1.165, 1.54) is 0 Å². The Hall–Kier alpha value is -1.90. The van der Waals surface area contributed by atoms with Crippen molar-refractivity contribution in [2.75, 3.05) is 6.61 Å². The van der Waals surface area contributed by atoms with Gasteiger partial charge in [0.25, 0.3) is 0 Å². The third-order valence-corrected chi connectivity index (χ3v) is 3.63. The summed E-state index contributed by atoms with van der Waals surface area (Å²) in [6.07, 6.45) is 4.46. The Morgan fingerprint density at radius 3 is 2.55 bits per heavy atom. The number of ketones is 1. The fraction of sp³-hybridized carbons (Fsp3) is 0.412. The minimum Gasteiger partial charge on any atom is -0.466 e. The van der Waals surface area contributed by atoms with E-state index in [0.29, 0.717) is 13.0 Å². The Morgan fingerprint density at radius 2 is 2.00 bits per heavy atom. The first-order chi connectivity index (χ1) is 9.61. The highest BCUT2D eigenvalue weighted by molar-refractivity contribution is 6.01. The normalized spacial score (nSPS) is 18.3. The SMILES string of the molecule is CCOC(=O)C(C)c1ccc(C=C2CCCC2=O)cc1. The molecule has 1 aliphatic carbocycles. The molecule has 3 nitrogen and oxygen atoms in total. The van der Waals surface area contributed by atoms with Crippen LogP contribution in [0, 0.1) is 0 Å². The highest BCUT2D eigenvalue weighted by Gasteiger charge is 2.17. The minimum absolute atomic E-state index is 0.204. The third kappa shape index (κ3) is 3.35.